The lowest BCUT2D eigenvalue weighted by molar-refractivity contribution is 0.0980. The van der Waals surface area contributed by atoms with E-state index in [1.807, 2.05) is 56.3 Å². The summed E-state index contributed by atoms with van der Waals surface area (Å²) in [6.07, 6.45) is 4.99. The number of aliphatic hydroxyl groups excluding tert-OH is 1. The van der Waals surface area contributed by atoms with Crippen LogP contribution in [0.3, 0.4) is 0 Å². The van der Waals surface area contributed by atoms with Gasteiger partial charge in [0.05, 0.1) is 18.5 Å². The standard InChI is InChI=1S/C29H32N6O3/c1-5-20-15-30-29(31-20)32-25-14-19(16-34(4)28(25)38)22-7-6-8-26(24(22)17-36)35-12-11-18-13-21(33(2)3)9-10-23(18)27(35)37/h6-10,13-16,36H,5,11-12,17H2,1-4H3,(H2,30,31,32). The van der Waals surface area contributed by atoms with Gasteiger partial charge in [-0.15, -0.1) is 0 Å². The van der Waals surface area contributed by atoms with E-state index in [1.165, 1.54) is 4.57 Å². The number of carbonyl (C=O) groups is 1. The van der Waals surface area contributed by atoms with Crippen molar-refractivity contribution in [3.63, 3.8) is 0 Å². The van der Waals surface area contributed by atoms with Gasteiger partial charge in [0.15, 0.2) is 0 Å². The highest BCUT2D eigenvalue weighted by molar-refractivity contribution is 6.09. The average Bonchev–Trinajstić information content (AvgIpc) is 3.38. The van der Waals surface area contributed by atoms with E-state index in [0.29, 0.717) is 41.4 Å². The third-order valence-electron chi connectivity index (χ3n) is 7.04. The molecule has 0 aliphatic carbocycles. The second kappa shape index (κ2) is 10.2. The number of carbonyl (C=O) groups excluding carboxylic acids is 1. The number of nitrogens with one attached hydrogen (secondary N) is 2. The van der Waals surface area contributed by atoms with Crippen LogP contribution in [-0.2, 0) is 26.5 Å². The van der Waals surface area contributed by atoms with Crippen LogP contribution in [0, 0.1) is 0 Å². The first-order chi connectivity index (χ1) is 18.3. The van der Waals surface area contributed by atoms with Crippen LogP contribution in [0.5, 0.6) is 0 Å². The van der Waals surface area contributed by atoms with Crippen LogP contribution in [-0.4, -0.2) is 46.2 Å². The molecule has 2 aromatic heterocycles. The lowest BCUT2D eigenvalue weighted by atomic mass is 9.94. The number of anilines is 4. The number of aromatic nitrogens is 3. The predicted molar refractivity (Wildman–Crippen MR) is 150 cm³/mol. The van der Waals surface area contributed by atoms with Gasteiger partial charge in [0.2, 0.25) is 5.95 Å². The molecule has 4 aromatic rings. The number of aryl methyl sites for hydroxylation is 2. The highest BCUT2D eigenvalue weighted by atomic mass is 16.3. The Morgan fingerprint density at radius 3 is 2.66 bits per heavy atom. The Hall–Kier alpha value is -4.37. The third kappa shape index (κ3) is 4.56. The maximum absolute atomic E-state index is 13.6. The topological polar surface area (TPSA) is 106 Å². The molecule has 0 saturated carbocycles. The van der Waals surface area contributed by atoms with Crippen molar-refractivity contribution in [2.45, 2.75) is 26.4 Å². The molecular weight excluding hydrogens is 480 g/mol. The number of benzene rings is 2. The van der Waals surface area contributed by atoms with Gasteiger partial charge in [-0.3, -0.25) is 9.59 Å². The van der Waals surface area contributed by atoms with E-state index in [4.69, 9.17) is 0 Å². The van der Waals surface area contributed by atoms with Crippen molar-refractivity contribution < 1.29 is 9.90 Å². The predicted octanol–water partition coefficient (Wildman–Crippen LogP) is 3.84. The maximum Gasteiger partial charge on any atom is 0.274 e. The number of nitrogens with zero attached hydrogens (tertiary/aromatic N) is 4. The van der Waals surface area contributed by atoms with Crippen molar-refractivity contribution in [2.24, 2.45) is 7.05 Å². The molecule has 0 atom stereocenters. The van der Waals surface area contributed by atoms with Gasteiger partial charge in [-0.25, -0.2) is 4.98 Å². The van der Waals surface area contributed by atoms with Crippen molar-refractivity contribution in [3.05, 3.63) is 87.6 Å². The molecule has 196 valence electrons. The molecule has 0 bridgehead atoms. The van der Waals surface area contributed by atoms with Crippen LogP contribution in [0.1, 0.15) is 34.1 Å². The molecule has 3 N–H and O–H groups in total. The summed E-state index contributed by atoms with van der Waals surface area (Å²) >= 11 is 0. The van der Waals surface area contributed by atoms with Gasteiger partial charge in [-0.2, -0.15) is 0 Å². The minimum Gasteiger partial charge on any atom is -0.392 e. The van der Waals surface area contributed by atoms with Gasteiger partial charge in [0.1, 0.15) is 5.69 Å². The smallest absolute Gasteiger partial charge is 0.274 e. The Bertz CT molecular complexity index is 1570. The molecule has 9 heteroatoms. The zero-order valence-electron chi connectivity index (χ0n) is 22.1. The summed E-state index contributed by atoms with van der Waals surface area (Å²) in [4.78, 5) is 37.7. The van der Waals surface area contributed by atoms with Gasteiger partial charge in [-0.05, 0) is 54.3 Å². The summed E-state index contributed by atoms with van der Waals surface area (Å²) in [5, 5.41) is 13.6. The van der Waals surface area contributed by atoms with Crippen LogP contribution in [0.2, 0.25) is 0 Å². The van der Waals surface area contributed by atoms with Crippen molar-refractivity contribution in [1.82, 2.24) is 14.5 Å². The van der Waals surface area contributed by atoms with Crippen LogP contribution in [0.15, 0.2) is 59.7 Å². The number of amides is 1. The number of hydrogen-bond donors (Lipinski definition) is 3. The van der Waals surface area contributed by atoms with Crippen LogP contribution < -0.4 is 20.7 Å². The molecule has 0 radical (unpaired) electrons. The second-order valence-electron chi connectivity index (χ2n) is 9.70. The summed E-state index contributed by atoms with van der Waals surface area (Å²) in [5.41, 5.74) is 6.66. The highest BCUT2D eigenvalue weighted by Gasteiger charge is 2.28. The molecule has 1 amide bonds. The Morgan fingerprint density at radius 2 is 1.95 bits per heavy atom. The zero-order chi connectivity index (χ0) is 27.0. The lowest BCUT2D eigenvalue weighted by Gasteiger charge is -2.31. The lowest BCUT2D eigenvalue weighted by Crippen LogP contribution is -2.38. The summed E-state index contributed by atoms with van der Waals surface area (Å²) in [6.45, 7) is 2.27. The average molecular weight is 513 g/mol. The number of imidazole rings is 1. The molecule has 0 fully saturated rings. The fourth-order valence-electron chi connectivity index (χ4n) is 4.93. The van der Waals surface area contributed by atoms with Gasteiger partial charge < -0.3 is 29.8 Å². The first kappa shape index (κ1) is 25.3. The van der Waals surface area contributed by atoms with Gasteiger partial charge in [0.25, 0.3) is 11.5 Å². The molecule has 1 aliphatic heterocycles. The Morgan fingerprint density at radius 1 is 1.13 bits per heavy atom. The first-order valence-corrected chi connectivity index (χ1v) is 12.7. The minimum absolute atomic E-state index is 0.0872. The van der Waals surface area contributed by atoms with Gasteiger partial charge in [0, 0.05) is 62.0 Å². The summed E-state index contributed by atoms with van der Waals surface area (Å²) in [7, 11) is 5.65. The number of aliphatic hydroxyl groups is 1. The van der Waals surface area contributed by atoms with E-state index in [0.717, 1.165) is 34.5 Å². The van der Waals surface area contributed by atoms with Gasteiger partial charge in [-0.1, -0.05) is 19.1 Å². The summed E-state index contributed by atoms with van der Waals surface area (Å²) < 4.78 is 1.50. The molecule has 2 aromatic carbocycles. The molecule has 1 aliphatic rings. The zero-order valence-corrected chi connectivity index (χ0v) is 22.1. The molecular formula is C29H32N6O3. The number of fused-ring (bicyclic) bond motifs is 1. The van der Waals surface area contributed by atoms with Crippen LogP contribution in [0.25, 0.3) is 11.1 Å². The number of H-pyrrole nitrogens is 1. The first-order valence-electron chi connectivity index (χ1n) is 12.7. The summed E-state index contributed by atoms with van der Waals surface area (Å²) in [5.74, 6) is 0.401. The largest absolute Gasteiger partial charge is 0.392 e. The van der Waals surface area contributed by atoms with Crippen molar-refractivity contribution in [2.75, 3.05) is 35.8 Å². The van der Waals surface area contributed by atoms with E-state index in [1.54, 1.807) is 30.4 Å². The quantitative estimate of drug-likeness (QED) is 0.347. The van der Waals surface area contributed by atoms with Crippen LogP contribution >= 0.6 is 0 Å². The van der Waals surface area contributed by atoms with E-state index >= 15 is 0 Å². The minimum atomic E-state index is -0.259. The van der Waals surface area contributed by atoms with E-state index in [-0.39, 0.29) is 18.1 Å². The summed E-state index contributed by atoms with van der Waals surface area (Å²) in [6, 6.07) is 13.3. The molecule has 0 spiro atoms. The number of hydrogen-bond acceptors (Lipinski definition) is 6. The number of pyridine rings is 1. The Balaban J connectivity index is 1.53. The second-order valence-corrected chi connectivity index (χ2v) is 9.70. The molecule has 3 heterocycles. The Kier molecular flexibility index (Phi) is 6.77. The van der Waals surface area contributed by atoms with Crippen molar-refractivity contribution in [3.8, 4) is 11.1 Å². The fraction of sp³-hybridized carbons (Fsp3) is 0.276. The number of aromatic amines is 1. The maximum atomic E-state index is 13.6. The molecule has 0 saturated heterocycles. The highest BCUT2D eigenvalue weighted by Crippen LogP contribution is 2.35. The monoisotopic (exact) mass is 512 g/mol. The van der Waals surface area contributed by atoms with Crippen LogP contribution in [0.4, 0.5) is 23.0 Å². The number of rotatable bonds is 7. The molecule has 38 heavy (non-hydrogen) atoms. The SMILES string of the molecule is CCc1cnc(Nc2cc(-c3cccc(N4CCc5cc(N(C)C)ccc5C4=O)c3CO)cn(C)c2=O)[nH]1. The Labute approximate surface area is 221 Å². The molecule has 5 rings (SSSR count). The molecule has 0 unspecified atom stereocenters. The normalized spacial score (nSPS) is 13.0. The van der Waals surface area contributed by atoms with E-state index in [9.17, 15) is 14.7 Å². The molecule has 9 nitrogen and oxygen atoms in total. The van der Waals surface area contributed by atoms with Gasteiger partial charge >= 0.3 is 0 Å². The third-order valence-corrected chi connectivity index (χ3v) is 7.04. The van der Waals surface area contributed by atoms with Crippen molar-refractivity contribution >= 4 is 28.9 Å². The fourth-order valence-corrected chi connectivity index (χ4v) is 4.93. The van der Waals surface area contributed by atoms with Crippen molar-refractivity contribution in [1.29, 1.82) is 0 Å². The van der Waals surface area contributed by atoms with E-state index in [2.05, 4.69) is 21.4 Å². The van der Waals surface area contributed by atoms with E-state index < -0.39 is 0 Å².